The van der Waals surface area contributed by atoms with Crippen LogP contribution in [0, 0.1) is 47.3 Å². The molecule has 0 bridgehead atoms. The molecule has 1 nitrogen and oxygen atoms in total. The van der Waals surface area contributed by atoms with Crippen molar-refractivity contribution in [3.05, 3.63) is 23.3 Å². The highest BCUT2D eigenvalue weighted by Gasteiger charge is 2.31. The van der Waals surface area contributed by atoms with E-state index in [1.54, 1.807) is 11.1 Å². The quantitative estimate of drug-likeness (QED) is 0.0818. The maximum absolute atomic E-state index is 7.20. The second kappa shape index (κ2) is 23.2. The highest BCUT2D eigenvalue weighted by atomic mass is 16.5. The summed E-state index contributed by atoms with van der Waals surface area (Å²) in [4.78, 5) is 0. The van der Waals surface area contributed by atoms with Crippen LogP contribution in [0.3, 0.4) is 0 Å². The van der Waals surface area contributed by atoms with Crippen LogP contribution < -0.4 is 0 Å². The number of hydrogen-bond donors (Lipinski definition) is 0. The van der Waals surface area contributed by atoms with E-state index in [9.17, 15) is 0 Å². The third kappa shape index (κ3) is 14.8. The van der Waals surface area contributed by atoms with Crippen LogP contribution >= 0.6 is 0 Å². The molecule has 4 aliphatic rings. The maximum atomic E-state index is 7.20. The van der Waals surface area contributed by atoms with Crippen LogP contribution in [0.5, 0.6) is 0 Å². The molecule has 0 N–H and O–H groups in total. The van der Waals surface area contributed by atoms with Crippen molar-refractivity contribution in [2.75, 3.05) is 0 Å². The van der Waals surface area contributed by atoms with Crippen LogP contribution in [0.25, 0.3) is 0 Å². The van der Waals surface area contributed by atoms with Crippen molar-refractivity contribution in [3.8, 4) is 0 Å². The van der Waals surface area contributed by atoms with Crippen molar-refractivity contribution in [2.45, 2.75) is 234 Å². The molecule has 0 spiro atoms. The van der Waals surface area contributed by atoms with E-state index in [-0.39, 0.29) is 0 Å². The number of allylic oxidation sites excluding steroid dienone is 2. The normalized spacial score (nSPS) is 29.6. The van der Waals surface area contributed by atoms with Crippen LogP contribution in [-0.2, 0) is 4.74 Å². The first-order valence-corrected chi connectivity index (χ1v) is 22.9. The smallest absolute Gasteiger partial charge is 0.0816 e. The average molecular weight is 679 g/mol. The first-order valence-electron chi connectivity index (χ1n) is 22.9. The van der Waals surface area contributed by atoms with Gasteiger partial charge in [-0.1, -0.05) is 182 Å². The Balaban J connectivity index is 1.16. The molecule has 0 aromatic rings. The third-order valence-corrected chi connectivity index (χ3v) is 14.2. The molecule has 2 fully saturated rings. The maximum Gasteiger partial charge on any atom is 0.0816 e. The number of ether oxygens (including phenoxy) is 1. The fourth-order valence-electron chi connectivity index (χ4n) is 10.6. The van der Waals surface area contributed by atoms with Gasteiger partial charge in [-0.2, -0.15) is 0 Å². The highest BCUT2D eigenvalue weighted by molar-refractivity contribution is 5.17. The minimum atomic E-state index is 0.293. The molecule has 49 heavy (non-hydrogen) atoms. The lowest BCUT2D eigenvalue weighted by molar-refractivity contribution is -0.0235. The summed E-state index contributed by atoms with van der Waals surface area (Å²) in [6.45, 7) is 14.3. The summed E-state index contributed by atoms with van der Waals surface area (Å²) in [6, 6.07) is 0. The van der Waals surface area contributed by atoms with E-state index < -0.39 is 0 Å². The second-order valence-corrected chi connectivity index (χ2v) is 18.9. The van der Waals surface area contributed by atoms with Crippen LogP contribution in [0.1, 0.15) is 221 Å². The lowest BCUT2D eigenvalue weighted by atomic mass is 9.75. The topological polar surface area (TPSA) is 9.23 Å². The van der Waals surface area contributed by atoms with E-state index in [1.165, 1.54) is 180 Å². The molecule has 4 unspecified atom stereocenters. The van der Waals surface area contributed by atoms with Gasteiger partial charge in [0.15, 0.2) is 0 Å². The summed E-state index contributed by atoms with van der Waals surface area (Å²) in [6.07, 6.45) is 46.4. The molecule has 1 heteroatoms. The van der Waals surface area contributed by atoms with Gasteiger partial charge in [-0.15, -0.1) is 0 Å². The van der Waals surface area contributed by atoms with Crippen molar-refractivity contribution in [1.82, 2.24) is 0 Å². The SMILES string of the molecule is CCCCCCC1CCC(CCC2CC=C(C(OC(C3=CCC(CCC4CCC(CCCCCC)CC4)CC3)C(C)C)C(C)C)CC2)CC1. The van der Waals surface area contributed by atoms with Crippen molar-refractivity contribution in [2.24, 2.45) is 47.3 Å². The van der Waals surface area contributed by atoms with E-state index in [2.05, 4.69) is 53.7 Å². The van der Waals surface area contributed by atoms with Gasteiger partial charge in [0.05, 0.1) is 12.2 Å². The summed E-state index contributed by atoms with van der Waals surface area (Å²) >= 11 is 0. The first-order chi connectivity index (χ1) is 23.9. The van der Waals surface area contributed by atoms with Crippen molar-refractivity contribution < 1.29 is 4.74 Å². The van der Waals surface area contributed by atoms with E-state index >= 15 is 0 Å². The van der Waals surface area contributed by atoms with Crippen LogP contribution in [0.15, 0.2) is 23.3 Å². The van der Waals surface area contributed by atoms with Gasteiger partial charge in [-0.25, -0.2) is 0 Å². The standard InChI is InChI=1S/C48H86O/c1-7-9-11-13-15-39-17-21-41(22-18-39)25-27-43-29-33-45(34-30-43)47(37(3)4)49-48(38(5)6)46-35-31-44(32-36-46)28-26-42-23-19-40(20-24-42)16-14-12-10-8-2/h33,35,37-44,47-48H,7-32,34,36H2,1-6H3. The van der Waals surface area contributed by atoms with E-state index in [0.29, 0.717) is 24.0 Å². The van der Waals surface area contributed by atoms with E-state index in [4.69, 9.17) is 4.74 Å². The zero-order valence-electron chi connectivity index (χ0n) is 34.1. The van der Waals surface area contributed by atoms with Crippen molar-refractivity contribution >= 4 is 0 Å². The molecule has 4 rings (SSSR count). The molecule has 4 atom stereocenters. The summed E-state index contributed by atoms with van der Waals surface area (Å²) in [5.41, 5.74) is 3.26. The minimum absolute atomic E-state index is 0.293. The van der Waals surface area contributed by atoms with Gasteiger partial charge >= 0.3 is 0 Å². The van der Waals surface area contributed by atoms with Gasteiger partial charge < -0.3 is 4.74 Å². The zero-order chi connectivity index (χ0) is 34.8. The Morgan fingerprint density at radius 1 is 0.449 bits per heavy atom. The van der Waals surface area contributed by atoms with Gasteiger partial charge in [-0.05, 0) is 110 Å². The molecule has 284 valence electrons. The molecule has 4 aliphatic carbocycles. The monoisotopic (exact) mass is 679 g/mol. The third-order valence-electron chi connectivity index (χ3n) is 14.2. The van der Waals surface area contributed by atoms with Crippen LogP contribution in [0.4, 0.5) is 0 Å². The lowest BCUT2D eigenvalue weighted by Crippen LogP contribution is -2.34. The Morgan fingerprint density at radius 2 is 0.796 bits per heavy atom. The molecule has 0 radical (unpaired) electrons. The molecular weight excluding hydrogens is 593 g/mol. The Kier molecular flexibility index (Phi) is 19.5. The van der Waals surface area contributed by atoms with Gasteiger partial charge in [0.2, 0.25) is 0 Å². The molecule has 2 saturated carbocycles. The lowest BCUT2D eigenvalue weighted by Gasteiger charge is -2.37. The van der Waals surface area contributed by atoms with Crippen LogP contribution in [-0.4, -0.2) is 12.2 Å². The van der Waals surface area contributed by atoms with Gasteiger partial charge in [0.1, 0.15) is 0 Å². The molecular formula is C48H86O. The van der Waals surface area contributed by atoms with Crippen molar-refractivity contribution in [3.63, 3.8) is 0 Å². The fraction of sp³-hybridized carbons (Fsp3) is 0.917. The fourth-order valence-corrected chi connectivity index (χ4v) is 10.6. The molecule has 0 heterocycles. The predicted molar refractivity (Wildman–Crippen MR) is 216 cm³/mol. The molecule has 0 aliphatic heterocycles. The zero-order valence-corrected chi connectivity index (χ0v) is 34.1. The van der Waals surface area contributed by atoms with Crippen molar-refractivity contribution in [1.29, 1.82) is 0 Å². The largest absolute Gasteiger partial charge is 0.366 e. The molecule has 0 amide bonds. The summed E-state index contributed by atoms with van der Waals surface area (Å²) < 4.78 is 7.20. The second-order valence-electron chi connectivity index (χ2n) is 18.9. The van der Waals surface area contributed by atoms with Gasteiger partial charge in [-0.3, -0.25) is 0 Å². The Labute approximate surface area is 308 Å². The Hall–Kier alpha value is -0.560. The van der Waals surface area contributed by atoms with Gasteiger partial charge in [0.25, 0.3) is 0 Å². The Bertz CT molecular complexity index is 835. The number of rotatable bonds is 22. The number of hydrogen-bond acceptors (Lipinski definition) is 1. The van der Waals surface area contributed by atoms with Gasteiger partial charge in [0, 0.05) is 0 Å². The summed E-state index contributed by atoms with van der Waals surface area (Å²) in [7, 11) is 0. The summed E-state index contributed by atoms with van der Waals surface area (Å²) in [5.74, 6) is 7.04. The molecule has 0 aromatic heterocycles. The molecule has 0 saturated heterocycles. The summed E-state index contributed by atoms with van der Waals surface area (Å²) in [5, 5.41) is 0. The molecule has 0 aromatic carbocycles. The highest BCUT2D eigenvalue weighted by Crippen LogP contribution is 2.41. The first kappa shape index (κ1) is 41.2. The average Bonchev–Trinajstić information content (AvgIpc) is 3.12. The van der Waals surface area contributed by atoms with E-state index in [1.807, 2.05) is 0 Å². The Morgan fingerprint density at radius 3 is 1.10 bits per heavy atom. The number of unbranched alkanes of at least 4 members (excludes halogenated alkanes) is 6. The van der Waals surface area contributed by atoms with Crippen LogP contribution in [0.2, 0.25) is 0 Å². The minimum Gasteiger partial charge on any atom is -0.366 e. The van der Waals surface area contributed by atoms with E-state index in [0.717, 1.165) is 35.5 Å². The predicted octanol–water partition coefficient (Wildman–Crippen LogP) is 15.6.